The Morgan fingerprint density at radius 2 is 1.60 bits per heavy atom. The lowest BCUT2D eigenvalue weighted by Crippen LogP contribution is -2.42. The number of carbonyl (C=O) groups excluding carboxylic acids is 2. The summed E-state index contributed by atoms with van der Waals surface area (Å²) in [5, 5.41) is 0. The third-order valence-corrected chi connectivity index (χ3v) is 5.51. The zero-order valence-electron chi connectivity index (χ0n) is 15.8. The molecule has 0 saturated heterocycles. The lowest BCUT2D eigenvalue weighted by molar-refractivity contribution is -0.172. The summed E-state index contributed by atoms with van der Waals surface area (Å²) in [6.07, 6.45) is 7.10. The molecule has 0 N–H and O–H groups in total. The molecule has 1 saturated carbocycles. The second-order valence-corrected chi connectivity index (χ2v) is 7.68. The van der Waals surface area contributed by atoms with Crippen molar-refractivity contribution in [2.75, 3.05) is 13.2 Å². The summed E-state index contributed by atoms with van der Waals surface area (Å²) in [6.45, 7) is 9.68. The Kier molecular flexibility index (Phi) is 9.47. The van der Waals surface area contributed by atoms with Gasteiger partial charge in [0.05, 0.1) is 13.2 Å². The summed E-state index contributed by atoms with van der Waals surface area (Å²) in [6, 6.07) is 0. The first-order valence-corrected chi connectivity index (χ1v) is 10.0. The summed E-state index contributed by atoms with van der Waals surface area (Å²) in [5.74, 6) is -1.02. The SMILES string of the molecule is C=C(C)CC(CCC(Br)=C1CCCCC1)(C(=O)OCC)C(=O)OCC. The molecule has 0 heterocycles. The van der Waals surface area contributed by atoms with Crippen LogP contribution >= 0.6 is 15.9 Å². The van der Waals surface area contributed by atoms with Crippen molar-refractivity contribution in [1.29, 1.82) is 0 Å². The van der Waals surface area contributed by atoms with Gasteiger partial charge in [0, 0.05) is 0 Å². The minimum absolute atomic E-state index is 0.235. The van der Waals surface area contributed by atoms with Crippen molar-refractivity contribution in [3.8, 4) is 0 Å². The molecule has 0 spiro atoms. The molecule has 0 unspecified atom stereocenters. The summed E-state index contributed by atoms with van der Waals surface area (Å²) in [5.41, 5.74) is 0.859. The number of ether oxygens (including phenoxy) is 2. The first-order valence-electron chi connectivity index (χ1n) is 9.22. The normalized spacial score (nSPS) is 14.8. The van der Waals surface area contributed by atoms with Gasteiger partial charge >= 0.3 is 11.9 Å². The van der Waals surface area contributed by atoms with Gasteiger partial charge in [0.15, 0.2) is 5.41 Å². The lowest BCUT2D eigenvalue weighted by atomic mass is 9.77. The van der Waals surface area contributed by atoms with Gasteiger partial charge in [-0.2, -0.15) is 0 Å². The summed E-state index contributed by atoms with van der Waals surface area (Å²) < 4.78 is 11.6. The third kappa shape index (κ3) is 6.28. The minimum Gasteiger partial charge on any atom is -0.465 e. The highest BCUT2D eigenvalue weighted by molar-refractivity contribution is 9.11. The van der Waals surface area contributed by atoms with E-state index in [9.17, 15) is 9.59 Å². The van der Waals surface area contributed by atoms with E-state index in [4.69, 9.17) is 9.47 Å². The Morgan fingerprint density at radius 1 is 1.08 bits per heavy atom. The van der Waals surface area contributed by atoms with E-state index in [2.05, 4.69) is 22.5 Å². The first kappa shape index (κ1) is 21.9. The van der Waals surface area contributed by atoms with Crippen molar-refractivity contribution < 1.29 is 19.1 Å². The second kappa shape index (κ2) is 10.8. The van der Waals surface area contributed by atoms with Crippen molar-refractivity contribution in [2.24, 2.45) is 5.41 Å². The topological polar surface area (TPSA) is 52.6 Å². The molecule has 5 heteroatoms. The number of allylic oxidation sites excluding steroid dienone is 3. The number of halogens is 1. The van der Waals surface area contributed by atoms with Crippen LogP contribution in [0.5, 0.6) is 0 Å². The smallest absolute Gasteiger partial charge is 0.323 e. The maximum atomic E-state index is 12.7. The maximum Gasteiger partial charge on any atom is 0.323 e. The molecule has 1 rings (SSSR count). The zero-order valence-corrected chi connectivity index (χ0v) is 17.4. The third-order valence-electron chi connectivity index (χ3n) is 4.55. The van der Waals surface area contributed by atoms with Crippen molar-refractivity contribution >= 4 is 27.9 Å². The van der Waals surface area contributed by atoms with Crippen LogP contribution in [0.25, 0.3) is 0 Å². The molecule has 1 aliphatic carbocycles. The fraction of sp³-hybridized carbons (Fsp3) is 0.700. The van der Waals surface area contributed by atoms with E-state index in [1.165, 1.54) is 24.8 Å². The molecule has 0 amide bonds. The first-order chi connectivity index (χ1) is 11.9. The number of hydrogen-bond donors (Lipinski definition) is 0. The largest absolute Gasteiger partial charge is 0.465 e. The zero-order chi connectivity index (χ0) is 18.9. The Hall–Kier alpha value is -1.10. The average molecular weight is 415 g/mol. The fourth-order valence-electron chi connectivity index (χ4n) is 3.32. The molecule has 0 aromatic rings. The standard InChI is InChI=1S/C20H31BrO4/c1-5-24-18(22)20(14-15(3)4,19(23)25-6-2)13-12-17(21)16-10-8-7-9-11-16/h3,5-14H2,1-2,4H3. The summed E-state index contributed by atoms with van der Waals surface area (Å²) in [7, 11) is 0. The van der Waals surface area contributed by atoms with E-state index in [0.29, 0.717) is 12.8 Å². The van der Waals surface area contributed by atoms with Crippen LogP contribution in [0.4, 0.5) is 0 Å². The Bertz CT molecular complexity index is 496. The lowest BCUT2D eigenvalue weighted by Gasteiger charge is -2.30. The highest BCUT2D eigenvalue weighted by Gasteiger charge is 2.48. The second-order valence-electron chi connectivity index (χ2n) is 6.73. The average Bonchev–Trinajstić information content (AvgIpc) is 2.59. The van der Waals surface area contributed by atoms with Crippen LogP contribution in [0, 0.1) is 5.41 Å². The molecule has 142 valence electrons. The van der Waals surface area contributed by atoms with Gasteiger partial charge in [-0.1, -0.05) is 33.5 Å². The molecular weight excluding hydrogens is 384 g/mol. The number of carbonyl (C=O) groups is 2. The van der Waals surface area contributed by atoms with Crippen LogP contribution in [0.3, 0.4) is 0 Å². The van der Waals surface area contributed by atoms with Crippen molar-refractivity contribution in [2.45, 2.75) is 72.1 Å². The number of esters is 2. The van der Waals surface area contributed by atoms with Gasteiger partial charge in [0.1, 0.15) is 0 Å². The Labute approximate surface area is 160 Å². The molecule has 0 atom stereocenters. The van der Waals surface area contributed by atoms with Gasteiger partial charge in [0.25, 0.3) is 0 Å². The molecule has 0 aliphatic heterocycles. The van der Waals surface area contributed by atoms with Crippen LogP contribution in [-0.4, -0.2) is 25.2 Å². The van der Waals surface area contributed by atoms with Gasteiger partial charge in [-0.3, -0.25) is 9.59 Å². The molecular formula is C20H31BrO4. The van der Waals surface area contributed by atoms with E-state index in [1.54, 1.807) is 13.8 Å². The van der Waals surface area contributed by atoms with E-state index < -0.39 is 17.4 Å². The maximum absolute atomic E-state index is 12.7. The predicted octanol–water partition coefficient (Wildman–Crippen LogP) is 5.46. The van der Waals surface area contributed by atoms with Gasteiger partial charge in [-0.05, 0) is 70.2 Å². The molecule has 0 radical (unpaired) electrons. The van der Waals surface area contributed by atoms with E-state index in [1.807, 2.05) is 6.92 Å². The van der Waals surface area contributed by atoms with E-state index >= 15 is 0 Å². The number of rotatable bonds is 9. The highest BCUT2D eigenvalue weighted by Crippen LogP contribution is 2.39. The minimum atomic E-state index is -1.31. The van der Waals surface area contributed by atoms with E-state index in [-0.39, 0.29) is 19.6 Å². The fourth-order valence-corrected chi connectivity index (χ4v) is 3.92. The van der Waals surface area contributed by atoms with Crippen LogP contribution in [-0.2, 0) is 19.1 Å². The van der Waals surface area contributed by atoms with Gasteiger partial charge < -0.3 is 9.47 Å². The predicted molar refractivity (Wildman–Crippen MR) is 103 cm³/mol. The van der Waals surface area contributed by atoms with Gasteiger partial charge in [-0.15, -0.1) is 6.58 Å². The van der Waals surface area contributed by atoms with Crippen LogP contribution in [0.2, 0.25) is 0 Å². The molecule has 0 aromatic carbocycles. The summed E-state index contributed by atoms with van der Waals surface area (Å²) in [4.78, 5) is 25.4. The van der Waals surface area contributed by atoms with Crippen molar-refractivity contribution in [3.05, 3.63) is 22.2 Å². The Balaban J connectivity index is 3.07. The molecule has 0 bridgehead atoms. The highest BCUT2D eigenvalue weighted by atomic mass is 79.9. The molecule has 1 fully saturated rings. The molecule has 1 aliphatic rings. The summed E-state index contributed by atoms with van der Waals surface area (Å²) >= 11 is 3.69. The van der Waals surface area contributed by atoms with Crippen LogP contribution in [0.15, 0.2) is 22.2 Å². The molecule has 0 aromatic heterocycles. The molecule has 25 heavy (non-hydrogen) atoms. The van der Waals surface area contributed by atoms with Crippen molar-refractivity contribution in [3.63, 3.8) is 0 Å². The quantitative estimate of drug-likeness (QED) is 0.285. The molecule has 4 nitrogen and oxygen atoms in total. The monoisotopic (exact) mass is 414 g/mol. The van der Waals surface area contributed by atoms with Crippen LogP contribution in [0.1, 0.15) is 72.1 Å². The Morgan fingerprint density at radius 3 is 2.04 bits per heavy atom. The van der Waals surface area contributed by atoms with Gasteiger partial charge in [-0.25, -0.2) is 0 Å². The van der Waals surface area contributed by atoms with Crippen LogP contribution < -0.4 is 0 Å². The van der Waals surface area contributed by atoms with E-state index in [0.717, 1.165) is 22.9 Å². The number of hydrogen-bond acceptors (Lipinski definition) is 4. The van der Waals surface area contributed by atoms with Crippen molar-refractivity contribution in [1.82, 2.24) is 0 Å². The van der Waals surface area contributed by atoms with Gasteiger partial charge in [0.2, 0.25) is 0 Å².